The van der Waals surface area contributed by atoms with E-state index in [-0.39, 0.29) is 21.7 Å². The molecule has 15 aromatic rings. The third-order valence-corrected chi connectivity index (χ3v) is 18.8. The Kier molecular flexibility index (Phi) is 13.7. The Bertz CT molecular complexity index is 4900. The summed E-state index contributed by atoms with van der Waals surface area (Å²) >= 11 is 0. The van der Waals surface area contributed by atoms with Crippen molar-refractivity contribution in [3.05, 3.63) is 265 Å². The fraction of sp³-hybridized carbons (Fsp3) is 0.186. The molecule has 0 fully saturated rings. The van der Waals surface area contributed by atoms with Crippen molar-refractivity contribution < 1.29 is 0 Å². The molecule has 6 heteroatoms. The number of rotatable bonds is 8. The molecule has 0 spiro atoms. The Labute approximate surface area is 540 Å². The summed E-state index contributed by atoms with van der Waals surface area (Å²) < 4.78 is 4.86. The lowest BCUT2D eigenvalue weighted by atomic mass is 9.85. The van der Waals surface area contributed by atoms with Crippen molar-refractivity contribution >= 4 is 65.7 Å². The van der Waals surface area contributed by atoms with E-state index >= 15 is 0 Å². The molecule has 0 unspecified atom stereocenters. The summed E-state index contributed by atoms with van der Waals surface area (Å²) in [5, 5.41) is 4.89. The first-order chi connectivity index (χ1) is 44.2. The minimum absolute atomic E-state index is 0.0412. The molecule has 0 aliphatic rings. The van der Waals surface area contributed by atoms with Crippen LogP contribution < -0.4 is 0 Å². The van der Waals surface area contributed by atoms with Crippen LogP contribution in [0.4, 0.5) is 0 Å². The van der Waals surface area contributed by atoms with Crippen LogP contribution in [-0.2, 0) is 21.7 Å². The number of hydrogen-bond donors (Lipinski definition) is 0. The zero-order valence-corrected chi connectivity index (χ0v) is 54.8. The lowest BCUT2D eigenvalue weighted by Crippen LogP contribution is -2.10. The van der Waals surface area contributed by atoms with Crippen LogP contribution in [0.1, 0.15) is 105 Å². The molecule has 15 rings (SSSR count). The van der Waals surface area contributed by atoms with E-state index in [4.69, 9.17) is 19.9 Å². The number of fused-ring (bicyclic) bond motifs is 8. The van der Waals surface area contributed by atoms with Crippen LogP contribution in [0.3, 0.4) is 0 Å². The second kappa shape index (κ2) is 21.7. The van der Waals surface area contributed by atoms with E-state index in [1.807, 2.05) is 0 Å². The molecule has 0 aliphatic heterocycles. The highest BCUT2D eigenvalue weighted by molar-refractivity contribution is 6.13. The van der Waals surface area contributed by atoms with E-state index in [9.17, 15) is 0 Å². The summed E-state index contributed by atoms with van der Waals surface area (Å²) in [6.07, 6.45) is 0. The zero-order chi connectivity index (χ0) is 63.6. The zero-order valence-electron chi connectivity index (χ0n) is 54.8. The Morgan fingerprint density at radius 2 is 0.467 bits per heavy atom. The van der Waals surface area contributed by atoms with E-state index in [0.29, 0.717) is 0 Å². The fourth-order valence-corrected chi connectivity index (χ4v) is 13.5. The highest BCUT2D eigenvalue weighted by Gasteiger charge is 2.28. The summed E-state index contributed by atoms with van der Waals surface area (Å²) in [6, 6.07) is 88.3. The fourth-order valence-electron chi connectivity index (χ4n) is 13.5. The molecule has 0 amide bonds. The second-order valence-corrected chi connectivity index (χ2v) is 29.1. The molecule has 0 bridgehead atoms. The van der Waals surface area contributed by atoms with Gasteiger partial charge in [0.2, 0.25) is 0 Å². The molecule has 6 nitrogen and oxygen atoms in total. The summed E-state index contributed by atoms with van der Waals surface area (Å²) in [5.41, 5.74) is 26.1. The molecule has 4 aromatic heterocycles. The average Bonchev–Trinajstić information content (AvgIpc) is 1.51. The molecule has 0 radical (unpaired) electrons. The summed E-state index contributed by atoms with van der Waals surface area (Å²) in [5.74, 6) is 0. The van der Waals surface area contributed by atoms with Crippen LogP contribution in [-0.4, -0.2) is 29.1 Å². The summed E-state index contributed by atoms with van der Waals surface area (Å²) in [7, 11) is 0. The molecule has 11 aromatic carbocycles. The standard InChI is InChI=1S/C86H76N6/c1-83(2,3)59-37-43-69-65(49-59)66-50-60(84(4,5)6)38-44-70(66)91(69)73-47-41-63(79-81(73)89-77(57-29-21-15-22-30-57)75(87-79)55-25-17-13-18-26-55)53-33-35-54(36-34-53)64-42-48-74(82-80(64)88-76(56-27-19-14-20-28-56)78(90-82)58-31-23-16-24-32-58)92-71-45-39-61(85(7,8)9)51-67(71)68-52-62(86(10,11)12)40-46-72(68)92/h13-52H,1-12H3. The monoisotopic (exact) mass is 1190 g/mol. The first kappa shape index (κ1) is 58.1. The van der Waals surface area contributed by atoms with Crippen molar-refractivity contribution in [1.29, 1.82) is 0 Å². The average molecular weight is 1190 g/mol. The van der Waals surface area contributed by atoms with Gasteiger partial charge in [-0.25, -0.2) is 19.9 Å². The van der Waals surface area contributed by atoms with E-state index in [1.54, 1.807) is 0 Å². The molecule has 0 N–H and O–H groups in total. The van der Waals surface area contributed by atoms with Crippen molar-refractivity contribution in [2.75, 3.05) is 0 Å². The van der Waals surface area contributed by atoms with Crippen molar-refractivity contribution in [3.63, 3.8) is 0 Å². The van der Waals surface area contributed by atoms with Gasteiger partial charge in [-0.3, -0.25) is 0 Å². The van der Waals surface area contributed by atoms with E-state index in [2.05, 4.69) is 335 Å². The Balaban J connectivity index is 0.970. The first-order valence-electron chi connectivity index (χ1n) is 32.4. The molecule has 0 atom stereocenters. The SMILES string of the molecule is CC(C)(C)c1ccc2c(c1)c1cc(C(C)(C)C)ccc1n2-c1ccc(-c2ccc(-c3ccc(-n4c5ccc(C(C)(C)C)cc5c5cc(C(C)(C)C)ccc54)c4nc(-c5ccccc5)c(-c5ccccc5)nc34)cc2)c2nc(-c3ccccc3)c(-c3ccccc3)nc12. The largest absolute Gasteiger partial charge is 0.307 e. The topological polar surface area (TPSA) is 61.4 Å². The van der Waals surface area contributed by atoms with Gasteiger partial charge in [-0.05, 0) is 128 Å². The number of hydrogen-bond acceptors (Lipinski definition) is 4. The molecular weight excluding hydrogens is 1120 g/mol. The van der Waals surface area contributed by atoms with E-state index in [0.717, 1.165) is 123 Å². The molecule has 0 aliphatic carbocycles. The minimum Gasteiger partial charge on any atom is -0.307 e. The second-order valence-electron chi connectivity index (χ2n) is 29.1. The maximum Gasteiger partial charge on any atom is 0.114 e. The molecule has 0 saturated carbocycles. The van der Waals surface area contributed by atoms with Crippen molar-refractivity contribution in [2.45, 2.75) is 105 Å². The first-order valence-corrected chi connectivity index (χ1v) is 32.4. The molecule has 92 heavy (non-hydrogen) atoms. The van der Waals surface area contributed by atoms with Gasteiger partial charge in [0.15, 0.2) is 0 Å². The van der Waals surface area contributed by atoms with Crippen molar-refractivity contribution in [1.82, 2.24) is 29.1 Å². The quantitative estimate of drug-likeness (QED) is 0.152. The van der Waals surface area contributed by atoms with Gasteiger partial charge in [0, 0.05) is 54.9 Å². The number of benzene rings is 11. The third-order valence-electron chi connectivity index (χ3n) is 18.8. The predicted molar refractivity (Wildman–Crippen MR) is 389 cm³/mol. The van der Waals surface area contributed by atoms with E-state index in [1.165, 1.54) is 43.8 Å². The van der Waals surface area contributed by atoms with Crippen LogP contribution in [0.2, 0.25) is 0 Å². The molecule has 4 heterocycles. The van der Waals surface area contributed by atoms with E-state index < -0.39 is 0 Å². The van der Waals surface area contributed by atoms with Crippen LogP contribution in [0.25, 0.3) is 144 Å². The third kappa shape index (κ3) is 10.0. The van der Waals surface area contributed by atoms with Gasteiger partial charge in [-0.2, -0.15) is 0 Å². The minimum atomic E-state index is -0.0412. The smallest absolute Gasteiger partial charge is 0.114 e. The Hall–Kier alpha value is -10.3. The van der Waals surface area contributed by atoms with Crippen molar-refractivity contribution in [3.8, 4) is 78.7 Å². The van der Waals surface area contributed by atoms with Crippen molar-refractivity contribution in [2.24, 2.45) is 0 Å². The number of nitrogens with zero attached hydrogens (tertiary/aromatic N) is 6. The van der Waals surface area contributed by atoms with Gasteiger partial charge in [0.25, 0.3) is 0 Å². The van der Waals surface area contributed by atoms with Gasteiger partial charge in [-0.15, -0.1) is 0 Å². The van der Waals surface area contributed by atoms with Crippen LogP contribution in [0.15, 0.2) is 243 Å². The Morgan fingerprint density at radius 3 is 0.707 bits per heavy atom. The highest BCUT2D eigenvalue weighted by atomic mass is 15.0. The molecular formula is C86H76N6. The Morgan fingerprint density at radius 1 is 0.228 bits per heavy atom. The van der Waals surface area contributed by atoms with Crippen LogP contribution >= 0.6 is 0 Å². The van der Waals surface area contributed by atoms with Gasteiger partial charge in [-0.1, -0.05) is 253 Å². The lowest BCUT2D eigenvalue weighted by molar-refractivity contribution is 0.590. The number of aromatic nitrogens is 6. The summed E-state index contributed by atoms with van der Waals surface area (Å²) in [4.78, 5) is 23.4. The van der Waals surface area contributed by atoms with Gasteiger partial charge >= 0.3 is 0 Å². The molecule has 450 valence electrons. The predicted octanol–water partition coefficient (Wildman–Crippen LogP) is 23.0. The van der Waals surface area contributed by atoms with Crippen LogP contribution in [0.5, 0.6) is 0 Å². The highest BCUT2D eigenvalue weighted by Crippen LogP contribution is 2.46. The maximum absolute atomic E-state index is 5.85. The van der Waals surface area contributed by atoms with Gasteiger partial charge < -0.3 is 9.13 Å². The summed E-state index contributed by atoms with van der Waals surface area (Å²) in [6.45, 7) is 27.6. The van der Waals surface area contributed by atoms with Crippen LogP contribution in [0, 0.1) is 0 Å². The maximum atomic E-state index is 5.85. The van der Waals surface area contributed by atoms with Gasteiger partial charge in [0.05, 0.1) is 67.3 Å². The normalized spacial score (nSPS) is 12.6. The van der Waals surface area contributed by atoms with Gasteiger partial charge in [0.1, 0.15) is 11.0 Å². The lowest BCUT2D eigenvalue weighted by Gasteiger charge is -2.20. The molecule has 0 saturated heterocycles.